The first-order chi connectivity index (χ1) is 10.1. The van der Waals surface area contributed by atoms with E-state index in [1.54, 1.807) is 17.0 Å². The lowest BCUT2D eigenvalue weighted by atomic mass is 10.1. The van der Waals surface area contributed by atoms with Crippen molar-refractivity contribution in [2.45, 2.75) is 31.7 Å². The van der Waals surface area contributed by atoms with Crippen molar-refractivity contribution in [1.29, 1.82) is 0 Å². The maximum atomic E-state index is 13.9. The van der Waals surface area contributed by atoms with Crippen LogP contribution in [0.25, 0.3) is 0 Å². The second-order valence-corrected chi connectivity index (χ2v) is 6.83. The Morgan fingerprint density at radius 1 is 1.19 bits per heavy atom. The molecule has 0 spiro atoms. The van der Waals surface area contributed by atoms with Gasteiger partial charge in [0.25, 0.3) is 5.91 Å². The molecule has 1 aromatic carbocycles. The van der Waals surface area contributed by atoms with Crippen LogP contribution in [0.2, 0.25) is 0 Å². The van der Waals surface area contributed by atoms with E-state index in [4.69, 9.17) is 0 Å². The fourth-order valence-corrected chi connectivity index (χ4v) is 3.67. The third-order valence-corrected chi connectivity index (χ3v) is 5.01. The number of nitrogens with zero attached hydrogens (tertiary/aromatic N) is 2. The van der Waals surface area contributed by atoms with Gasteiger partial charge in [-0.1, -0.05) is 22.4 Å². The van der Waals surface area contributed by atoms with E-state index in [0.717, 1.165) is 32.6 Å². The van der Waals surface area contributed by atoms with Gasteiger partial charge in [0.2, 0.25) is 0 Å². The third kappa shape index (κ3) is 3.29. The molecule has 0 N–H and O–H groups in total. The predicted molar refractivity (Wildman–Crippen MR) is 83.8 cm³/mol. The highest BCUT2D eigenvalue weighted by atomic mass is 79.9. The lowest BCUT2D eigenvalue weighted by molar-refractivity contribution is 0.0767. The number of rotatable bonds is 2. The van der Waals surface area contributed by atoms with Crippen LogP contribution in [-0.4, -0.2) is 47.9 Å². The van der Waals surface area contributed by atoms with Gasteiger partial charge in [-0.2, -0.15) is 0 Å². The summed E-state index contributed by atoms with van der Waals surface area (Å²) in [5.74, 6) is -0.629. The summed E-state index contributed by atoms with van der Waals surface area (Å²) in [7, 11) is 0. The molecular formula is C16H20BrFN2O. The summed E-state index contributed by atoms with van der Waals surface area (Å²) in [4.78, 5) is 16.8. The fraction of sp³-hybridized carbons (Fsp3) is 0.562. The van der Waals surface area contributed by atoms with Crippen LogP contribution in [0, 0.1) is 5.82 Å². The molecule has 21 heavy (non-hydrogen) atoms. The molecular weight excluding hydrogens is 335 g/mol. The maximum absolute atomic E-state index is 13.9. The Labute approximate surface area is 133 Å². The molecule has 3 rings (SSSR count). The first-order valence-electron chi connectivity index (χ1n) is 7.63. The van der Waals surface area contributed by atoms with Crippen molar-refractivity contribution in [2.24, 2.45) is 0 Å². The van der Waals surface area contributed by atoms with E-state index in [2.05, 4.69) is 20.8 Å². The number of amides is 1. The number of carbonyl (C=O) groups is 1. The van der Waals surface area contributed by atoms with Gasteiger partial charge in [-0.05, 0) is 50.6 Å². The SMILES string of the molecule is O=C(c1ccc(Br)cc1F)N1CCC(N2CCCCC2)C1. The molecule has 5 heteroatoms. The van der Waals surface area contributed by atoms with Gasteiger partial charge >= 0.3 is 0 Å². The third-order valence-electron chi connectivity index (χ3n) is 4.52. The zero-order chi connectivity index (χ0) is 14.8. The highest BCUT2D eigenvalue weighted by Gasteiger charge is 2.32. The Hall–Kier alpha value is -0.940. The van der Waals surface area contributed by atoms with Gasteiger partial charge in [-0.3, -0.25) is 9.69 Å². The molecule has 2 aliphatic heterocycles. The van der Waals surface area contributed by atoms with Crippen LogP contribution < -0.4 is 0 Å². The first kappa shape index (κ1) is 15.0. The van der Waals surface area contributed by atoms with Gasteiger partial charge in [0, 0.05) is 23.6 Å². The number of piperidine rings is 1. The lowest BCUT2D eigenvalue weighted by Gasteiger charge is -2.32. The smallest absolute Gasteiger partial charge is 0.256 e. The fourth-order valence-electron chi connectivity index (χ4n) is 3.34. The van der Waals surface area contributed by atoms with Crippen LogP contribution in [0.4, 0.5) is 4.39 Å². The van der Waals surface area contributed by atoms with Crippen molar-refractivity contribution in [3.05, 3.63) is 34.1 Å². The summed E-state index contributed by atoms with van der Waals surface area (Å²) in [5, 5.41) is 0. The molecule has 1 amide bonds. The Balaban J connectivity index is 1.66. The van der Waals surface area contributed by atoms with Crippen LogP contribution in [0.1, 0.15) is 36.0 Å². The molecule has 114 valence electrons. The number of hydrogen-bond donors (Lipinski definition) is 0. The van der Waals surface area contributed by atoms with Crippen molar-refractivity contribution < 1.29 is 9.18 Å². The summed E-state index contributed by atoms with van der Waals surface area (Å²) in [6.45, 7) is 3.74. The molecule has 2 aliphatic rings. The molecule has 0 aliphatic carbocycles. The molecule has 0 saturated carbocycles. The van der Waals surface area contributed by atoms with E-state index in [1.165, 1.54) is 25.3 Å². The molecule has 0 radical (unpaired) electrons. The minimum atomic E-state index is -0.448. The molecule has 2 fully saturated rings. The average molecular weight is 355 g/mol. The average Bonchev–Trinajstić information content (AvgIpc) is 2.97. The lowest BCUT2D eigenvalue weighted by Crippen LogP contribution is -2.41. The van der Waals surface area contributed by atoms with Crippen molar-refractivity contribution in [2.75, 3.05) is 26.2 Å². The minimum absolute atomic E-state index is 0.178. The second-order valence-electron chi connectivity index (χ2n) is 5.91. The second kappa shape index (κ2) is 6.44. The van der Waals surface area contributed by atoms with E-state index >= 15 is 0 Å². The standard InChI is InChI=1S/C16H20BrFN2O/c17-12-4-5-14(15(18)10-12)16(21)20-9-6-13(11-20)19-7-2-1-3-8-19/h4-5,10,13H,1-3,6-9,11H2. The maximum Gasteiger partial charge on any atom is 0.256 e. The summed E-state index contributed by atoms with van der Waals surface area (Å²) >= 11 is 3.22. The van der Waals surface area contributed by atoms with E-state index in [1.807, 2.05) is 0 Å². The number of hydrogen-bond acceptors (Lipinski definition) is 2. The highest BCUT2D eigenvalue weighted by molar-refractivity contribution is 9.10. The molecule has 0 aromatic heterocycles. The molecule has 2 heterocycles. The zero-order valence-corrected chi connectivity index (χ0v) is 13.6. The molecule has 2 saturated heterocycles. The Kier molecular flexibility index (Phi) is 4.60. The van der Waals surface area contributed by atoms with Gasteiger partial charge in [0.1, 0.15) is 5.82 Å². The van der Waals surface area contributed by atoms with Crippen LogP contribution in [0.15, 0.2) is 22.7 Å². The van der Waals surface area contributed by atoms with Crippen molar-refractivity contribution >= 4 is 21.8 Å². The normalized spacial score (nSPS) is 23.5. The van der Waals surface area contributed by atoms with Crippen LogP contribution in [-0.2, 0) is 0 Å². The Bertz CT molecular complexity index is 531. The van der Waals surface area contributed by atoms with Crippen LogP contribution in [0.5, 0.6) is 0 Å². The Morgan fingerprint density at radius 3 is 2.67 bits per heavy atom. The van der Waals surface area contributed by atoms with E-state index in [-0.39, 0.29) is 11.5 Å². The van der Waals surface area contributed by atoms with Crippen LogP contribution >= 0.6 is 15.9 Å². The molecule has 1 unspecified atom stereocenters. The Morgan fingerprint density at radius 2 is 1.95 bits per heavy atom. The minimum Gasteiger partial charge on any atom is -0.337 e. The van der Waals surface area contributed by atoms with E-state index in [9.17, 15) is 9.18 Å². The van der Waals surface area contributed by atoms with Gasteiger partial charge in [-0.15, -0.1) is 0 Å². The monoisotopic (exact) mass is 354 g/mol. The number of benzene rings is 1. The van der Waals surface area contributed by atoms with Gasteiger partial charge in [0.05, 0.1) is 5.56 Å². The molecule has 1 atom stereocenters. The van der Waals surface area contributed by atoms with E-state index in [0.29, 0.717) is 10.5 Å². The van der Waals surface area contributed by atoms with Gasteiger partial charge in [0.15, 0.2) is 0 Å². The zero-order valence-electron chi connectivity index (χ0n) is 12.0. The first-order valence-corrected chi connectivity index (χ1v) is 8.43. The van der Waals surface area contributed by atoms with Crippen molar-refractivity contribution in [3.63, 3.8) is 0 Å². The molecule has 1 aromatic rings. The van der Waals surface area contributed by atoms with Gasteiger partial charge < -0.3 is 4.90 Å². The predicted octanol–water partition coefficient (Wildman–Crippen LogP) is 3.29. The van der Waals surface area contributed by atoms with Crippen molar-refractivity contribution in [3.8, 4) is 0 Å². The summed E-state index contributed by atoms with van der Waals surface area (Å²) in [6.07, 6.45) is 4.83. The molecule has 3 nitrogen and oxygen atoms in total. The van der Waals surface area contributed by atoms with E-state index < -0.39 is 5.82 Å². The highest BCUT2D eigenvalue weighted by Crippen LogP contribution is 2.23. The quantitative estimate of drug-likeness (QED) is 0.813. The van der Waals surface area contributed by atoms with Crippen LogP contribution in [0.3, 0.4) is 0 Å². The summed E-state index contributed by atoms with van der Waals surface area (Å²) in [5.41, 5.74) is 0.178. The van der Waals surface area contributed by atoms with Gasteiger partial charge in [-0.25, -0.2) is 4.39 Å². The number of halogens is 2. The number of carbonyl (C=O) groups excluding carboxylic acids is 1. The van der Waals surface area contributed by atoms with Crippen molar-refractivity contribution in [1.82, 2.24) is 9.80 Å². The largest absolute Gasteiger partial charge is 0.337 e. The molecule has 0 bridgehead atoms. The summed E-state index contributed by atoms with van der Waals surface area (Å²) < 4.78 is 14.6. The summed E-state index contributed by atoms with van der Waals surface area (Å²) in [6, 6.07) is 5.09. The topological polar surface area (TPSA) is 23.6 Å². The number of likely N-dealkylation sites (tertiary alicyclic amines) is 2.